The van der Waals surface area contributed by atoms with Crippen molar-refractivity contribution in [3.8, 4) is 28.0 Å². The standard InChI is InChI=1S/C16H15BrN4O2S/c1-22-11-4-3-5-12(23-2)13(11)21-14(19-20-16(21)17)15-18-10(8-24-15)9-6-7-9/h3-5,8-9H,6-7H2,1-2H3. The fraction of sp³-hybridized carbons (Fsp3) is 0.312. The van der Waals surface area contributed by atoms with Crippen LogP contribution in [0.5, 0.6) is 11.5 Å². The molecule has 0 unspecified atom stereocenters. The van der Waals surface area contributed by atoms with E-state index >= 15 is 0 Å². The molecule has 6 nitrogen and oxygen atoms in total. The van der Waals surface area contributed by atoms with Crippen molar-refractivity contribution in [2.75, 3.05) is 14.2 Å². The van der Waals surface area contributed by atoms with E-state index in [1.54, 1.807) is 25.6 Å². The van der Waals surface area contributed by atoms with Gasteiger partial charge in [0.15, 0.2) is 10.8 Å². The molecule has 0 bridgehead atoms. The predicted octanol–water partition coefficient (Wildman–Crippen LogP) is 4.05. The van der Waals surface area contributed by atoms with Gasteiger partial charge in [-0.2, -0.15) is 0 Å². The van der Waals surface area contributed by atoms with Crippen molar-refractivity contribution in [1.82, 2.24) is 19.7 Å². The molecule has 124 valence electrons. The molecule has 1 aliphatic rings. The molecule has 1 aliphatic carbocycles. The van der Waals surface area contributed by atoms with Gasteiger partial charge in [0.1, 0.15) is 17.2 Å². The van der Waals surface area contributed by atoms with Gasteiger partial charge in [-0.1, -0.05) is 6.07 Å². The number of nitrogens with zero attached hydrogens (tertiary/aromatic N) is 4. The molecule has 1 saturated carbocycles. The molecule has 8 heteroatoms. The number of benzene rings is 1. The van der Waals surface area contributed by atoms with Crippen molar-refractivity contribution >= 4 is 27.3 Å². The van der Waals surface area contributed by atoms with E-state index in [-0.39, 0.29) is 0 Å². The topological polar surface area (TPSA) is 62.1 Å². The lowest BCUT2D eigenvalue weighted by Gasteiger charge is -2.15. The Kier molecular flexibility index (Phi) is 4.01. The number of thiazole rings is 1. The van der Waals surface area contributed by atoms with Gasteiger partial charge >= 0.3 is 0 Å². The molecular formula is C16H15BrN4O2S. The Bertz CT molecular complexity index is 866. The number of hydrogen-bond acceptors (Lipinski definition) is 6. The molecule has 3 aromatic rings. The zero-order valence-electron chi connectivity index (χ0n) is 13.2. The minimum atomic E-state index is 0.573. The molecule has 1 aromatic carbocycles. The van der Waals surface area contributed by atoms with Crippen LogP contribution in [-0.4, -0.2) is 34.0 Å². The van der Waals surface area contributed by atoms with Crippen molar-refractivity contribution < 1.29 is 9.47 Å². The van der Waals surface area contributed by atoms with Crippen LogP contribution in [0.15, 0.2) is 28.3 Å². The normalized spacial score (nSPS) is 14.0. The summed E-state index contributed by atoms with van der Waals surface area (Å²) in [7, 11) is 3.26. The van der Waals surface area contributed by atoms with E-state index in [0.717, 1.165) is 16.4 Å². The van der Waals surface area contributed by atoms with Gasteiger partial charge in [-0.25, -0.2) is 4.98 Å². The van der Waals surface area contributed by atoms with Crippen LogP contribution in [0.25, 0.3) is 16.5 Å². The van der Waals surface area contributed by atoms with E-state index in [1.807, 2.05) is 22.8 Å². The average molecular weight is 407 g/mol. The first-order valence-electron chi connectivity index (χ1n) is 7.51. The van der Waals surface area contributed by atoms with Crippen LogP contribution in [-0.2, 0) is 0 Å². The minimum absolute atomic E-state index is 0.573. The van der Waals surface area contributed by atoms with E-state index < -0.39 is 0 Å². The number of methoxy groups -OCH3 is 2. The molecule has 0 spiro atoms. The molecule has 1 fully saturated rings. The van der Waals surface area contributed by atoms with Gasteiger partial charge in [0.2, 0.25) is 4.73 Å². The van der Waals surface area contributed by atoms with Gasteiger partial charge in [0, 0.05) is 11.3 Å². The van der Waals surface area contributed by atoms with Crippen LogP contribution >= 0.6 is 27.3 Å². The molecule has 4 rings (SSSR count). The Hall–Kier alpha value is -1.93. The highest BCUT2D eigenvalue weighted by atomic mass is 79.9. The summed E-state index contributed by atoms with van der Waals surface area (Å²) in [5.74, 6) is 2.63. The molecule has 24 heavy (non-hydrogen) atoms. The number of aromatic nitrogens is 4. The molecule has 0 atom stereocenters. The van der Waals surface area contributed by atoms with Crippen LogP contribution in [0.3, 0.4) is 0 Å². The van der Waals surface area contributed by atoms with Gasteiger partial charge in [-0.05, 0) is 40.9 Å². The molecule has 2 aromatic heterocycles. The first-order valence-corrected chi connectivity index (χ1v) is 9.18. The molecule has 0 radical (unpaired) electrons. The summed E-state index contributed by atoms with van der Waals surface area (Å²) >= 11 is 5.06. The summed E-state index contributed by atoms with van der Waals surface area (Å²) in [6.07, 6.45) is 2.44. The predicted molar refractivity (Wildman–Crippen MR) is 95.2 cm³/mol. The number of rotatable bonds is 5. The second-order valence-electron chi connectivity index (χ2n) is 5.49. The van der Waals surface area contributed by atoms with E-state index in [0.29, 0.717) is 28.0 Å². The fourth-order valence-electron chi connectivity index (χ4n) is 2.61. The van der Waals surface area contributed by atoms with Crippen LogP contribution in [0, 0.1) is 0 Å². The largest absolute Gasteiger partial charge is 0.494 e. The van der Waals surface area contributed by atoms with E-state index in [9.17, 15) is 0 Å². The maximum absolute atomic E-state index is 5.52. The second-order valence-corrected chi connectivity index (χ2v) is 7.06. The van der Waals surface area contributed by atoms with E-state index in [2.05, 4.69) is 31.5 Å². The Labute approximate surface area is 151 Å². The van der Waals surface area contributed by atoms with E-state index in [1.165, 1.54) is 12.8 Å². The summed E-state index contributed by atoms with van der Waals surface area (Å²) in [4.78, 5) is 4.75. The SMILES string of the molecule is COc1cccc(OC)c1-n1c(Br)nnc1-c1nc(C2CC2)cs1. The van der Waals surface area contributed by atoms with Gasteiger partial charge in [-0.3, -0.25) is 4.57 Å². The van der Waals surface area contributed by atoms with Crippen molar-refractivity contribution in [3.05, 3.63) is 34.0 Å². The van der Waals surface area contributed by atoms with Crippen molar-refractivity contribution in [2.45, 2.75) is 18.8 Å². The Balaban J connectivity index is 1.89. The Morgan fingerprint density at radius 1 is 1.17 bits per heavy atom. The highest BCUT2D eigenvalue weighted by Gasteiger charge is 2.28. The highest BCUT2D eigenvalue weighted by molar-refractivity contribution is 9.10. The lowest BCUT2D eigenvalue weighted by molar-refractivity contribution is 0.391. The third-order valence-corrected chi connectivity index (χ3v) is 5.33. The molecule has 0 aliphatic heterocycles. The molecule has 2 heterocycles. The van der Waals surface area contributed by atoms with Crippen LogP contribution < -0.4 is 9.47 Å². The minimum Gasteiger partial charge on any atom is -0.494 e. The van der Waals surface area contributed by atoms with Gasteiger partial charge < -0.3 is 9.47 Å². The summed E-state index contributed by atoms with van der Waals surface area (Å²) in [5.41, 5.74) is 1.89. The van der Waals surface area contributed by atoms with Crippen molar-refractivity contribution in [3.63, 3.8) is 0 Å². The van der Waals surface area contributed by atoms with E-state index in [4.69, 9.17) is 14.5 Å². The number of halogens is 1. The fourth-order valence-corrected chi connectivity index (χ4v) is 3.91. The molecule has 0 N–H and O–H groups in total. The van der Waals surface area contributed by atoms with Gasteiger partial charge in [0.25, 0.3) is 0 Å². The molecule has 0 amide bonds. The van der Waals surface area contributed by atoms with Crippen molar-refractivity contribution in [1.29, 1.82) is 0 Å². The van der Waals surface area contributed by atoms with Gasteiger partial charge in [-0.15, -0.1) is 21.5 Å². The zero-order chi connectivity index (χ0) is 16.7. The summed E-state index contributed by atoms with van der Waals surface area (Å²) in [6, 6.07) is 5.64. The third-order valence-electron chi connectivity index (χ3n) is 3.96. The number of hydrogen-bond donors (Lipinski definition) is 0. The highest BCUT2D eigenvalue weighted by Crippen LogP contribution is 2.42. The monoisotopic (exact) mass is 406 g/mol. The molecule has 0 saturated heterocycles. The maximum Gasteiger partial charge on any atom is 0.205 e. The summed E-state index contributed by atoms with van der Waals surface area (Å²) < 4.78 is 13.5. The summed E-state index contributed by atoms with van der Waals surface area (Å²) in [5, 5.41) is 11.4. The van der Waals surface area contributed by atoms with Crippen LogP contribution in [0.2, 0.25) is 0 Å². The summed E-state index contributed by atoms with van der Waals surface area (Å²) in [6.45, 7) is 0. The zero-order valence-corrected chi connectivity index (χ0v) is 15.6. The van der Waals surface area contributed by atoms with Crippen LogP contribution in [0.4, 0.5) is 0 Å². The second kappa shape index (κ2) is 6.18. The first-order chi connectivity index (χ1) is 11.7. The average Bonchev–Trinajstić information content (AvgIpc) is 3.22. The quantitative estimate of drug-likeness (QED) is 0.639. The third kappa shape index (κ3) is 2.59. The first kappa shape index (κ1) is 15.6. The number of ether oxygens (including phenoxy) is 2. The molecular weight excluding hydrogens is 392 g/mol. The lowest BCUT2D eigenvalue weighted by atomic mass is 10.2. The lowest BCUT2D eigenvalue weighted by Crippen LogP contribution is -2.03. The van der Waals surface area contributed by atoms with Crippen molar-refractivity contribution in [2.24, 2.45) is 0 Å². The number of para-hydroxylation sites is 1. The van der Waals surface area contributed by atoms with Gasteiger partial charge in [0.05, 0.1) is 19.9 Å². The maximum atomic E-state index is 5.52. The Morgan fingerprint density at radius 3 is 2.50 bits per heavy atom. The smallest absolute Gasteiger partial charge is 0.205 e. The van der Waals surface area contributed by atoms with Crippen LogP contribution in [0.1, 0.15) is 24.5 Å². The Morgan fingerprint density at radius 2 is 1.88 bits per heavy atom.